The van der Waals surface area contributed by atoms with Crippen molar-refractivity contribution in [1.29, 1.82) is 0 Å². The van der Waals surface area contributed by atoms with E-state index in [1.165, 1.54) is 15.9 Å². The quantitative estimate of drug-likeness (QED) is 0.371. The van der Waals surface area contributed by atoms with Crippen molar-refractivity contribution >= 4 is 46.0 Å². The number of hydrogen-bond acceptors (Lipinski definition) is 8. The van der Waals surface area contributed by atoms with Crippen molar-refractivity contribution < 1.29 is 24.1 Å². The highest BCUT2D eigenvalue weighted by molar-refractivity contribution is 14.1. The highest BCUT2D eigenvalue weighted by Crippen LogP contribution is 2.38. The van der Waals surface area contributed by atoms with E-state index in [9.17, 15) is 14.7 Å². The minimum Gasteiger partial charge on any atom is -0.507 e. The molecule has 34 heavy (non-hydrogen) atoms. The van der Waals surface area contributed by atoms with Crippen molar-refractivity contribution in [3.05, 3.63) is 82.1 Å². The fourth-order valence-electron chi connectivity index (χ4n) is 3.97. The zero-order chi connectivity index (χ0) is 24.0. The zero-order valence-electron chi connectivity index (χ0n) is 18.2. The van der Waals surface area contributed by atoms with Gasteiger partial charge in [-0.15, -0.1) is 0 Å². The summed E-state index contributed by atoms with van der Waals surface area (Å²) < 4.78 is 19.1. The summed E-state index contributed by atoms with van der Waals surface area (Å²) in [6.07, 6.45) is 1.64. The number of aromatic nitrogens is 1. The molecule has 1 aromatic heterocycles. The molecular formula is C24H19IN2O6S. The second-order valence-electron chi connectivity index (χ2n) is 7.62. The maximum absolute atomic E-state index is 13.6. The van der Waals surface area contributed by atoms with Crippen LogP contribution in [-0.4, -0.2) is 29.0 Å². The molecule has 8 nitrogen and oxygen atoms in total. The van der Waals surface area contributed by atoms with Gasteiger partial charge in [-0.25, -0.2) is 9.79 Å². The number of hydrogen-bond donors (Lipinski definition) is 1. The van der Waals surface area contributed by atoms with Crippen LogP contribution in [0.4, 0.5) is 0 Å². The Hall–Kier alpha value is -3.12. The molecule has 0 bridgehead atoms. The molecule has 0 unspecified atom stereocenters. The lowest BCUT2D eigenvalue weighted by molar-refractivity contribution is -0.139. The van der Waals surface area contributed by atoms with Crippen molar-refractivity contribution in [2.75, 3.05) is 13.4 Å². The predicted molar refractivity (Wildman–Crippen MR) is 134 cm³/mol. The third-order valence-electron chi connectivity index (χ3n) is 5.51. The van der Waals surface area contributed by atoms with Crippen LogP contribution in [-0.2, 0) is 9.53 Å². The molecule has 0 saturated heterocycles. The number of thiazole rings is 1. The summed E-state index contributed by atoms with van der Waals surface area (Å²) in [5, 5.41) is 10.3. The lowest BCUT2D eigenvalue weighted by atomic mass is 9.95. The Bertz CT molecular complexity index is 1540. The number of benzene rings is 2. The van der Waals surface area contributed by atoms with E-state index < -0.39 is 12.0 Å². The van der Waals surface area contributed by atoms with Gasteiger partial charge in [-0.05, 0) is 78.4 Å². The Labute approximate surface area is 211 Å². The van der Waals surface area contributed by atoms with Gasteiger partial charge in [0.15, 0.2) is 16.3 Å². The van der Waals surface area contributed by atoms with Crippen LogP contribution in [0.25, 0.3) is 6.08 Å². The van der Waals surface area contributed by atoms with E-state index in [0.29, 0.717) is 37.7 Å². The summed E-state index contributed by atoms with van der Waals surface area (Å²) in [5.74, 6) is 0.683. The molecule has 3 heterocycles. The van der Waals surface area contributed by atoms with Crippen molar-refractivity contribution in [2.45, 2.75) is 19.9 Å². The molecule has 174 valence electrons. The first-order valence-electron chi connectivity index (χ1n) is 10.4. The van der Waals surface area contributed by atoms with Gasteiger partial charge in [0.05, 0.1) is 28.5 Å². The average Bonchev–Trinajstić information content (AvgIpc) is 3.39. The molecule has 1 atom stereocenters. The Morgan fingerprint density at radius 3 is 2.88 bits per heavy atom. The van der Waals surface area contributed by atoms with E-state index in [1.807, 2.05) is 0 Å². The molecule has 0 saturated carbocycles. The van der Waals surface area contributed by atoms with Gasteiger partial charge in [-0.1, -0.05) is 17.4 Å². The van der Waals surface area contributed by atoms with E-state index >= 15 is 0 Å². The number of phenolic OH excluding ortho intramolecular Hbond substituents is 1. The maximum Gasteiger partial charge on any atom is 0.338 e. The van der Waals surface area contributed by atoms with Crippen molar-refractivity contribution in [3.63, 3.8) is 0 Å². The molecule has 2 aliphatic heterocycles. The highest BCUT2D eigenvalue weighted by Gasteiger charge is 2.34. The fraction of sp³-hybridized carbons (Fsp3) is 0.208. The predicted octanol–water partition coefficient (Wildman–Crippen LogP) is 2.84. The molecule has 5 rings (SSSR count). The number of rotatable bonds is 4. The summed E-state index contributed by atoms with van der Waals surface area (Å²) in [4.78, 5) is 31.6. The van der Waals surface area contributed by atoms with Gasteiger partial charge in [0, 0.05) is 9.13 Å². The average molecular weight is 590 g/mol. The fourth-order valence-corrected chi connectivity index (χ4v) is 5.53. The van der Waals surface area contributed by atoms with E-state index in [0.717, 1.165) is 3.57 Å². The number of allylic oxidation sites excluding steroid dienone is 1. The largest absolute Gasteiger partial charge is 0.507 e. The highest BCUT2D eigenvalue weighted by atomic mass is 127. The summed E-state index contributed by atoms with van der Waals surface area (Å²) in [6, 6.07) is 9.74. The number of carbonyl (C=O) groups excluding carboxylic acids is 1. The minimum absolute atomic E-state index is 0.0713. The molecule has 1 N–H and O–H groups in total. The standard InChI is InChI=1S/C24H19IN2O6S/c1-3-31-23(30)20-12(2)26-24-27(21(20)13-4-7-17-18(9-13)33-11-32-17)22(29)19(34-24)10-14-8-15(25)5-6-16(14)28/h4-10,21,28H,3,11H2,1-2H3/b19-10-/t21-/m1/s1. The molecule has 3 aromatic rings. The van der Waals surface area contributed by atoms with Gasteiger partial charge in [0.2, 0.25) is 6.79 Å². The number of phenols is 1. The molecule has 10 heteroatoms. The van der Waals surface area contributed by atoms with Gasteiger partial charge in [-0.3, -0.25) is 9.36 Å². The molecule has 0 radical (unpaired) electrons. The zero-order valence-corrected chi connectivity index (χ0v) is 21.2. The van der Waals surface area contributed by atoms with Crippen LogP contribution in [0.5, 0.6) is 17.2 Å². The molecule has 2 aromatic carbocycles. The molecule has 0 amide bonds. The lowest BCUT2D eigenvalue weighted by Crippen LogP contribution is -2.39. The lowest BCUT2D eigenvalue weighted by Gasteiger charge is -2.24. The Morgan fingerprint density at radius 1 is 1.29 bits per heavy atom. The van der Waals surface area contributed by atoms with E-state index in [1.54, 1.807) is 56.3 Å². The Morgan fingerprint density at radius 2 is 2.09 bits per heavy atom. The van der Waals surface area contributed by atoms with Crippen molar-refractivity contribution in [2.24, 2.45) is 4.99 Å². The topological polar surface area (TPSA) is 99.4 Å². The summed E-state index contributed by atoms with van der Waals surface area (Å²) in [7, 11) is 0. The Kier molecular flexibility index (Phi) is 5.94. The van der Waals surface area contributed by atoms with Crippen molar-refractivity contribution in [3.8, 4) is 17.2 Å². The minimum atomic E-state index is -0.753. The second-order valence-corrected chi connectivity index (χ2v) is 9.87. The SMILES string of the molecule is CCOC(=O)C1=C(C)N=c2s/c(=C\c3cc(I)ccc3O)c(=O)n2[C@@H]1c1ccc2c(c1)OCO2. The third-order valence-corrected chi connectivity index (χ3v) is 7.16. The van der Waals surface area contributed by atoms with Gasteiger partial charge in [0.25, 0.3) is 5.56 Å². The number of carbonyl (C=O) groups is 1. The van der Waals surface area contributed by atoms with Gasteiger partial charge < -0.3 is 19.3 Å². The van der Waals surface area contributed by atoms with Crippen molar-refractivity contribution in [1.82, 2.24) is 4.57 Å². The van der Waals surface area contributed by atoms with Crippen LogP contribution in [0.1, 0.15) is 31.0 Å². The Balaban J connectivity index is 1.74. The van der Waals surface area contributed by atoms with Gasteiger partial charge >= 0.3 is 5.97 Å². The third kappa shape index (κ3) is 3.90. The van der Waals surface area contributed by atoms with E-state index in [-0.39, 0.29) is 30.3 Å². The van der Waals surface area contributed by atoms with E-state index in [2.05, 4.69) is 27.6 Å². The number of halogens is 1. The molecule has 0 aliphatic carbocycles. The molecule has 0 fully saturated rings. The first kappa shape index (κ1) is 22.7. The normalized spacial score (nSPS) is 16.9. The van der Waals surface area contributed by atoms with Crippen LogP contribution in [0.2, 0.25) is 0 Å². The summed E-state index contributed by atoms with van der Waals surface area (Å²) in [6.45, 7) is 3.77. The molecular weight excluding hydrogens is 571 g/mol. The van der Waals surface area contributed by atoms with Gasteiger partial charge in [0.1, 0.15) is 5.75 Å². The monoisotopic (exact) mass is 590 g/mol. The second kappa shape index (κ2) is 8.91. The summed E-state index contributed by atoms with van der Waals surface area (Å²) in [5.41, 5.74) is 1.64. The first-order valence-corrected chi connectivity index (χ1v) is 12.3. The number of nitrogens with zero attached hydrogens (tertiary/aromatic N) is 2. The molecule has 0 spiro atoms. The van der Waals surface area contributed by atoms with Crippen LogP contribution in [0.15, 0.2) is 57.5 Å². The van der Waals surface area contributed by atoms with E-state index in [4.69, 9.17) is 14.2 Å². The van der Waals surface area contributed by atoms with Crippen LogP contribution in [0, 0.1) is 3.57 Å². The number of esters is 1. The van der Waals surface area contributed by atoms with Crippen LogP contribution < -0.4 is 24.4 Å². The number of fused-ring (bicyclic) bond motifs is 2. The first-order chi connectivity index (χ1) is 16.4. The molecule has 2 aliphatic rings. The van der Waals surface area contributed by atoms with Crippen LogP contribution >= 0.6 is 33.9 Å². The summed E-state index contributed by atoms with van der Waals surface area (Å²) >= 11 is 3.34. The number of ether oxygens (including phenoxy) is 3. The number of aromatic hydroxyl groups is 1. The van der Waals surface area contributed by atoms with Gasteiger partial charge in [-0.2, -0.15) is 0 Å². The van der Waals surface area contributed by atoms with Crippen LogP contribution in [0.3, 0.4) is 0 Å². The maximum atomic E-state index is 13.6. The smallest absolute Gasteiger partial charge is 0.338 e.